The molecule has 0 heterocycles. The van der Waals surface area contributed by atoms with E-state index in [1.165, 1.54) is 12.8 Å². The van der Waals surface area contributed by atoms with Crippen molar-refractivity contribution in [3.8, 4) is 0 Å². The summed E-state index contributed by atoms with van der Waals surface area (Å²) in [7, 11) is 0. The summed E-state index contributed by atoms with van der Waals surface area (Å²) in [5, 5.41) is 0. The minimum atomic E-state index is 0. The van der Waals surface area contributed by atoms with E-state index in [4.69, 9.17) is 0 Å². The Hall–Kier alpha value is 0. The van der Waals surface area contributed by atoms with Gasteiger partial charge >= 0.3 is 0 Å². The Balaban J connectivity index is -0.000000196. The molecule has 0 bridgehead atoms. The third-order valence-electron chi connectivity index (χ3n) is 2.26. The van der Waals surface area contributed by atoms with Crippen LogP contribution in [0.15, 0.2) is 0 Å². The van der Waals surface area contributed by atoms with Gasteiger partial charge in [0.15, 0.2) is 0 Å². The van der Waals surface area contributed by atoms with E-state index in [-0.39, 0.29) is 7.43 Å². The first-order chi connectivity index (χ1) is 4.72. The van der Waals surface area contributed by atoms with Crippen LogP contribution in [0.2, 0.25) is 0 Å². The largest absolute Gasteiger partial charge is 0.0776 e. The van der Waals surface area contributed by atoms with E-state index in [2.05, 4.69) is 27.7 Å². The molecule has 0 amide bonds. The van der Waals surface area contributed by atoms with E-state index in [1.807, 2.05) is 13.8 Å². The lowest BCUT2D eigenvalue weighted by molar-refractivity contribution is 0.367. The third-order valence-corrected chi connectivity index (χ3v) is 2.26. The van der Waals surface area contributed by atoms with Crippen LogP contribution in [-0.4, -0.2) is 0 Å². The van der Waals surface area contributed by atoms with Crippen molar-refractivity contribution in [3.05, 3.63) is 0 Å². The SMILES string of the molecule is C.CC.CCC(C)[C@H](C)CC. The molecule has 11 heavy (non-hydrogen) atoms. The molecule has 2 atom stereocenters. The maximum atomic E-state index is 2.33. The van der Waals surface area contributed by atoms with E-state index in [0.29, 0.717) is 0 Å². The van der Waals surface area contributed by atoms with Crippen molar-refractivity contribution in [2.75, 3.05) is 0 Å². The molecule has 0 aliphatic heterocycles. The lowest BCUT2D eigenvalue weighted by Gasteiger charge is -2.14. The molecule has 0 aromatic carbocycles. The highest BCUT2D eigenvalue weighted by atomic mass is 14.1. The monoisotopic (exact) mass is 160 g/mol. The van der Waals surface area contributed by atoms with E-state index < -0.39 is 0 Å². The maximum absolute atomic E-state index is 2.33. The average molecular weight is 160 g/mol. The van der Waals surface area contributed by atoms with Crippen molar-refractivity contribution in [2.45, 2.75) is 61.8 Å². The molecule has 0 rings (SSSR count). The number of rotatable bonds is 3. The molecular formula is C11H28. The van der Waals surface area contributed by atoms with Crippen molar-refractivity contribution in [3.63, 3.8) is 0 Å². The van der Waals surface area contributed by atoms with Crippen LogP contribution >= 0.6 is 0 Å². The lowest BCUT2D eigenvalue weighted by Crippen LogP contribution is -2.04. The van der Waals surface area contributed by atoms with Gasteiger partial charge < -0.3 is 0 Å². The third kappa shape index (κ3) is 10.0. The summed E-state index contributed by atoms with van der Waals surface area (Å²) >= 11 is 0. The summed E-state index contributed by atoms with van der Waals surface area (Å²) in [6.07, 6.45) is 2.66. The molecule has 0 aromatic heterocycles. The predicted octanol–water partition coefficient (Wildman–Crippen LogP) is 4.74. The quantitative estimate of drug-likeness (QED) is 0.559. The Bertz CT molecular complexity index is 40.0. The average Bonchev–Trinajstić information content (AvgIpc) is 2.05. The van der Waals surface area contributed by atoms with E-state index >= 15 is 0 Å². The Labute approximate surface area is 74.4 Å². The zero-order valence-electron chi connectivity index (χ0n) is 8.57. The van der Waals surface area contributed by atoms with Gasteiger partial charge in [0.2, 0.25) is 0 Å². The molecule has 0 heteroatoms. The Kier molecular flexibility index (Phi) is 19.8. The van der Waals surface area contributed by atoms with Crippen LogP contribution in [0.5, 0.6) is 0 Å². The minimum Gasteiger partial charge on any atom is -0.0776 e. The number of hydrogen-bond donors (Lipinski definition) is 0. The standard InChI is InChI=1S/C8H18.C2H6.CH4/c1-5-7(3)8(4)6-2;1-2;/h7-8H,5-6H2,1-4H3;1-2H3;1H4/t7-,8?;;/m1../s1. The fraction of sp³-hybridized carbons (Fsp3) is 1.00. The lowest BCUT2D eigenvalue weighted by atomic mass is 9.92. The van der Waals surface area contributed by atoms with Crippen LogP contribution in [0.3, 0.4) is 0 Å². The number of hydrogen-bond acceptors (Lipinski definition) is 0. The molecule has 0 radical (unpaired) electrons. The van der Waals surface area contributed by atoms with E-state index in [1.54, 1.807) is 0 Å². The van der Waals surface area contributed by atoms with Crippen molar-refractivity contribution < 1.29 is 0 Å². The Morgan fingerprint density at radius 2 is 1.00 bits per heavy atom. The first-order valence-corrected chi connectivity index (χ1v) is 4.72. The van der Waals surface area contributed by atoms with Crippen LogP contribution in [0, 0.1) is 11.8 Å². The van der Waals surface area contributed by atoms with Gasteiger partial charge in [0, 0.05) is 0 Å². The Morgan fingerprint density at radius 1 is 0.818 bits per heavy atom. The van der Waals surface area contributed by atoms with Gasteiger partial charge in [-0.25, -0.2) is 0 Å². The zero-order valence-corrected chi connectivity index (χ0v) is 8.57. The first-order valence-electron chi connectivity index (χ1n) is 4.72. The second-order valence-electron chi connectivity index (χ2n) is 2.77. The Morgan fingerprint density at radius 3 is 1.09 bits per heavy atom. The predicted molar refractivity (Wildman–Crippen MR) is 57.0 cm³/mol. The van der Waals surface area contributed by atoms with Crippen LogP contribution in [0.1, 0.15) is 61.8 Å². The molecule has 0 aliphatic carbocycles. The van der Waals surface area contributed by atoms with Crippen LogP contribution < -0.4 is 0 Å². The highest BCUT2D eigenvalue weighted by Crippen LogP contribution is 2.16. The molecular weight excluding hydrogens is 132 g/mol. The smallest absolute Gasteiger partial charge is 0.0420 e. The first kappa shape index (κ1) is 17.2. The van der Waals surface area contributed by atoms with Crippen LogP contribution in [-0.2, 0) is 0 Å². The van der Waals surface area contributed by atoms with Crippen molar-refractivity contribution in [1.29, 1.82) is 0 Å². The molecule has 0 aromatic rings. The topological polar surface area (TPSA) is 0 Å². The van der Waals surface area contributed by atoms with Crippen molar-refractivity contribution >= 4 is 0 Å². The molecule has 72 valence electrons. The molecule has 0 saturated heterocycles. The maximum Gasteiger partial charge on any atom is -0.0420 e. The normalized spacial score (nSPS) is 13.6. The van der Waals surface area contributed by atoms with Gasteiger partial charge in [-0.15, -0.1) is 0 Å². The molecule has 0 nitrogen and oxygen atoms in total. The van der Waals surface area contributed by atoms with Gasteiger partial charge in [0.1, 0.15) is 0 Å². The van der Waals surface area contributed by atoms with Crippen LogP contribution in [0.25, 0.3) is 0 Å². The van der Waals surface area contributed by atoms with Gasteiger partial charge in [-0.3, -0.25) is 0 Å². The van der Waals surface area contributed by atoms with Gasteiger partial charge in [-0.2, -0.15) is 0 Å². The fourth-order valence-corrected chi connectivity index (χ4v) is 0.805. The zero-order chi connectivity index (χ0) is 8.57. The second kappa shape index (κ2) is 12.7. The molecule has 0 saturated carbocycles. The highest BCUT2D eigenvalue weighted by Gasteiger charge is 2.05. The summed E-state index contributed by atoms with van der Waals surface area (Å²) in [5.41, 5.74) is 0. The van der Waals surface area contributed by atoms with Crippen LogP contribution in [0.4, 0.5) is 0 Å². The molecule has 0 aliphatic rings. The van der Waals surface area contributed by atoms with E-state index in [0.717, 1.165) is 11.8 Å². The minimum absolute atomic E-state index is 0. The summed E-state index contributed by atoms with van der Waals surface area (Å²) < 4.78 is 0. The van der Waals surface area contributed by atoms with Crippen molar-refractivity contribution in [2.24, 2.45) is 11.8 Å². The summed E-state index contributed by atoms with van der Waals surface area (Å²) in [4.78, 5) is 0. The highest BCUT2D eigenvalue weighted by molar-refractivity contribution is 4.56. The summed E-state index contributed by atoms with van der Waals surface area (Å²) in [6, 6.07) is 0. The molecule has 0 spiro atoms. The molecule has 0 fully saturated rings. The van der Waals surface area contributed by atoms with E-state index in [9.17, 15) is 0 Å². The summed E-state index contributed by atoms with van der Waals surface area (Å²) in [5.74, 6) is 1.83. The van der Waals surface area contributed by atoms with Gasteiger partial charge in [0.25, 0.3) is 0 Å². The fourth-order valence-electron chi connectivity index (χ4n) is 0.805. The summed E-state index contributed by atoms with van der Waals surface area (Å²) in [6.45, 7) is 13.2. The van der Waals surface area contributed by atoms with Crippen molar-refractivity contribution in [1.82, 2.24) is 0 Å². The van der Waals surface area contributed by atoms with Gasteiger partial charge in [-0.05, 0) is 11.8 Å². The molecule has 1 unspecified atom stereocenters. The second-order valence-corrected chi connectivity index (χ2v) is 2.77. The molecule has 0 N–H and O–H groups in total. The van der Waals surface area contributed by atoms with Gasteiger partial charge in [-0.1, -0.05) is 61.8 Å². The van der Waals surface area contributed by atoms with Gasteiger partial charge in [0.05, 0.1) is 0 Å².